The van der Waals surface area contributed by atoms with E-state index >= 15 is 0 Å². The lowest BCUT2D eigenvalue weighted by Gasteiger charge is -2.22. The van der Waals surface area contributed by atoms with Gasteiger partial charge in [0.2, 0.25) is 5.91 Å². The average molecular weight is 198 g/mol. The highest BCUT2D eigenvalue weighted by Crippen LogP contribution is 2.42. The van der Waals surface area contributed by atoms with Gasteiger partial charge in [0.1, 0.15) is 0 Å². The molecule has 1 unspecified atom stereocenters. The van der Waals surface area contributed by atoms with Gasteiger partial charge in [-0.25, -0.2) is 0 Å². The third-order valence-electron chi connectivity index (χ3n) is 3.16. The predicted molar refractivity (Wildman–Crippen MR) is 52.8 cm³/mol. The number of rotatable bonds is 4. The number of amides is 1. The van der Waals surface area contributed by atoms with Crippen molar-refractivity contribution in [2.45, 2.75) is 37.9 Å². The van der Waals surface area contributed by atoms with E-state index in [-0.39, 0.29) is 17.6 Å². The molecule has 0 bridgehead atoms. The van der Waals surface area contributed by atoms with Gasteiger partial charge in [0.15, 0.2) is 0 Å². The molecule has 0 radical (unpaired) electrons. The van der Waals surface area contributed by atoms with Crippen molar-refractivity contribution >= 4 is 5.91 Å². The van der Waals surface area contributed by atoms with E-state index in [0.29, 0.717) is 13.2 Å². The fourth-order valence-corrected chi connectivity index (χ4v) is 2.13. The summed E-state index contributed by atoms with van der Waals surface area (Å²) in [5.74, 6) is 0.279. The van der Waals surface area contributed by atoms with Crippen LogP contribution in [0.4, 0.5) is 0 Å². The van der Waals surface area contributed by atoms with Crippen LogP contribution in [0.2, 0.25) is 0 Å². The molecule has 2 fully saturated rings. The molecule has 1 atom stereocenters. The minimum Gasteiger partial charge on any atom is -0.383 e. The average Bonchev–Trinajstić information content (AvgIpc) is 2.91. The van der Waals surface area contributed by atoms with Crippen molar-refractivity contribution in [1.82, 2.24) is 10.2 Å². The molecular formula is C10H18N2O2. The second-order valence-corrected chi connectivity index (χ2v) is 4.14. The molecule has 1 N–H and O–H groups in total. The lowest BCUT2D eigenvalue weighted by molar-refractivity contribution is -0.131. The lowest BCUT2D eigenvalue weighted by Crippen LogP contribution is -2.38. The van der Waals surface area contributed by atoms with E-state index in [4.69, 9.17) is 4.74 Å². The summed E-state index contributed by atoms with van der Waals surface area (Å²) >= 11 is 0. The molecule has 1 saturated heterocycles. The third kappa shape index (κ3) is 1.42. The maximum absolute atomic E-state index is 12.0. The Hall–Kier alpha value is -0.610. The van der Waals surface area contributed by atoms with Crippen molar-refractivity contribution in [1.29, 1.82) is 0 Å². The summed E-state index contributed by atoms with van der Waals surface area (Å²) in [5.41, 5.74) is -0.172. The van der Waals surface area contributed by atoms with Gasteiger partial charge in [-0.05, 0) is 19.3 Å². The van der Waals surface area contributed by atoms with Crippen molar-refractivity contribution in [3.05, 3.63) is 0 Å². The summed E-state index contributed by atoms with van der Waals surface area (Å²) in [7, 11) is 1.67. The monoisotopic (exact) mass is 198 g/mol. The molecule has 1 saturated carbocycles. The summed E-state index contributed by atoms with van der Waals surface area (Å²) in [6, 6.07) is 0. The molecule has 2 rings (SSSR count). The van der Waals surface area contributed by atoms with Gasteiger partial charge in [-0.3, -0.25) is 10.1 Å². The predicted octanol–water partition coefficient (Wildman–Crippen LogP) is 0.333. The second kappa shape index (κ2) is 3.51. The van der Waals surface area contributed by atoms with E-state index in [1.807, 2.05) is 4.90 Å². The highest BCUT2D eigenvalue weighted by atomic mass is 16.5. The van der Waals surface area contributed by atoms with Crippen LogP contribution >= 0.6 is 0 Å². The minimum absolute atomic E-state index is 0.172. The van der Waals surface area contributed by atoms with Crippen LogP contribution in [0, 0.1) is 0 Å². The summed E-state index contributed by atoms with van der Waals surface area (Å²) in [6.45, 7) is 3.44. The molecule has 0 aromatic heterocycles. The SMILES string of the molecule is CCC1NC2(CC2)C(=O)N1CCOC. The smallest absolute Gasteiger partial charge is 0.244 e. The number of carbonyl (C=O) groups excluding carboxylic acids is 1. The van der Waals surface area contributed by atoms with Gasteiger partial charge < -0.3 is 9.64 Å². The molecule has 1 aliphatic carbocycles. The van der Waals surface area contributed by atoms with Crippen LogP contribution in [-0.4, -0.2) is 42.8 Å². The number of methoxy groups -OCH3 is 1. The van der Waals surface area contributed by atoms with Gasteiger partial charge in [-0.1, -0.05) is 6.92 Å². The fourth-order valence-electron chi connectivity index (χ4n) is 2.13. The molecule has 1 aliphatic heterocycles. The van der Waals surface area contributed by atoms with Gasteiger partial charge in [-0.2, -0.15) is 0 Å². The maximum atomic E-state index is 12.0. The molecule has 0 aromatic carbocycles. The van der Waals surface area contributed by atoms with Crippen LogP contribution in [0.15, 0.2) is 0 Å². The number of carbonyl (C=O) groups is 1. The van der Waals surface area contributed by atoms with E-state index in [1.165, 1.54) is 0 Å². The number of hydrogen-bond acceptors (Lipinski definition) is 3. The van der Waals surface area contributed by atoms with Crippen LogP contribution in [0.3, 0.4) is 0 Å². The van der Waals surface area contributed by atoms with Crippen molar-refractivity contribution in [2.24, 2.45) is 0 Å². The Morgan fingerprint density at radius 2 is 2.36 bits per heavy atom. The standard InChI is InChI=1S/C10H18N2O2/c1-3-8-11-10(4-5-10)9(13)12(8)6-7-14-2/h8,11H,3-7H2,1-2H3. The zero-order chi connectivity index (χ0) is 10.2. The quantitative estimate of drug-likeness (QED) is 0.708. The first kappa shape index (κ1) is 9.93. The van der Waals surface area contributed by atoms with E-state index in [9.17, 15) is 4.79 Å². The van der Waals surface area contributed by atoms with E-state index < -0.39 is 0 Å². The Kier molecular flexibility index (Phi) is 2.49. The maximum Gasteiger partial charge on any atom is 0.244 e. The third-order valence-corrected chi connectivity index (χ3v) is 3.16. The molecule has 1 spiro atoms. The van der Waals surface area contributed by atoms with Crippen molar-refractivity contribution in [3.8, 4) is 0 Å². The van der Waals surface area contributed by atoms with E-state index in [1.54, 1.807) is 7.11 Å². The fraction of sp³-hybridized carbons (Fsp3) is 0.900. The largest absolute Gasteiger partial charge is 0.383 e. The molecule has 2 aliphatic rings. The van der Waals surface area contributed by atoms with Crippen LogP contribution in [0.5, 0.6) is 0 Å². The van der Waals surface area contributed by atoms with Gasteiger partial charge in [-0.15, -0.1) is 0 Å². The Balaban J connectivity index is 2.01. The Labute approximate surface area is 84.6 Å². The Morgan fingerprint density at radius 1 is 1.64 bits per heavy atom. The van der Waals surface area contributed by atoms with Gasteiger partial charge in [0.05, 0.1) is 18.3 Å². The van der Waals surface area contributed by atoms with E-state index in [0.717, 1.165) is 19.3 Å². The zero-order valence-electron chi connectivity index (χ0n) is 8.88. The minimum atomic E-state index is -0.172. The van der Waals surface area contributed by atoms with Gasteiger partial charge >= 0.3 is 0 Å². The summed E-state index contributed by atoms with van der Waals surface area (Å²) < 4.78 is 5.01. The lowest BCUT2D eigenvalue weighted by atomic mass is 10.3. The van der Waals surface area contributed by atoms with Crippen LogP contribution in [0.25, 0.3) is 0 Å². The molecule has 1 amide bonds. The Bertz CT molecular complexity index is 238. The summed E-state index contributed by atoms with van der Waals surface area (Å²) in [6.07, 6.45) is 3.20. The summed E-state index contributed by atoms with van der Waals surface area (Å²) in [5, 5.41) is 3.42. The van der Waals surface area contributed by atoms with Crippen LogP contribution in [-0.2, 0) is 9.53 Å². The first-order valence-corrected chi connectivity index (χ1v) is 5.31. The number of hydrogen-bond donors (Lipinski definition) is 1. The number of ether oxygens (including phenoxy) is 1. The van der Waals surface area contributed by atoms with Crippen molar-refractivity contribution in [2.75, 3.05) is 20.3 Å². The van der Waals surface area contributed by atoms with Crippen LogP contribution < -0.4 is 5.32 Å². The molecule has 4 nitrogen and oxygen atoms in total. The van der Waals surface area contributed by atoms with Crippen molar-refractivity contribution in [3.63, 3.8) is 0 Å². The highest BCUT2D eigenvalue weighted by molar-refractivity contribution is 5.91. The van der Waals surface area contributed by atoms with Crippen molar-refractivity contribution < 1.29 is 9.53 Å². The van der Waals surface area contributed by atoms with Crippen LogP contribution in [0.1, 0.15) is 26.2 Å². The first-order valence-electron chi connectivity index (χ1n) is 5.31. The topological polar surface area (TPSA) is 41.6 Å². The summed E-state index contributed by atoms with van der Waals surface area (Å²) in [4.78, 5) is 13.9. The number of nitrogens with zero attached hydrogens (tertiary/aromatic N) is 1. The normalized spacial score (nSPS) is 28.9. The van der Waals surface area contributed by atoms with Gasteiger partial charge in [0, 0.05) is 13.7 Å². The zero-order valence-corrected chi connectivity index (χ0v) is 8.88. The molecule has 14 heavy (non-hydrogen) atoms. The molecule has 0 aromatic rings. The Morgan fingerprint density at radius 3 is 2.86 bits per heavy atom. The molecular weight excluding hydrogens is 180 g/mol. The highest BCUT2D eigenvalue weighted by Gasteiger charge is 2.58. The second-order valence-electron chi connectivity index (χ2n) is 4.14. The molecule has 80 valence electrons. The molecule has 1 heterocycles. The number of nitrogens with one attached hydrogen (secondary N) is 1. The van der Waals surface area contributed by atoms with E-state index in [2.05, 4.69) is 12.2 Å². The molecule has 4 heteroatoms. The van der Waals surface area contributed by atoms with Gasteiger partial charge in [0.25, 0.3) is 0 Å². The first-order chi connectivity index (χ1) is 6.73.